The van der Waals surface area contributed by atoms with Gasteiger partial charge in [-0.1, -0.05) is 313 Å². The van der Waals surface area contributed by atoms with E-state index in [-0.39, 0.29) is 31.1 Å². The maximum absolute atomic E-state index is 12.9. The fourth-order valence-corrected chi connectivity index (χ4v) is 10.2. The number of unbranched alkanes of at least 4 members (excludes halogenated alkanes) is 44. The summed E-state index contributed by atoms with van der Waals surface area (Å²) in [5.41, 5.74) is 0. The first-order valence-corrected chi connectivity index (χ1v) is 34.1. The topological polar surface area (TPSA) is 78.9 Å². The van der Waals surface area contributed by atoms with E-state index >= 15 is 0 Å². The second-order valence-corrected chi connectivity index (χ2v) is 23.1. The SMILES string of the molecule is CCCCCCC/C=C\C/C=C\C/C=C\CCCCCCCCCCCCC(=O)OCC(COC(=O)CCCCCCC/C=C\CCCCCCCC)OC(=O)CCCCCCCCCCCCCCCCCCCCC. The molecule has 0 fully saturated rings. The van der Waals surface area contributed by atoms with Crippen molar-refractivity contribution in [3.63, 3.8) is 0 Å². The zero-order valence-corrected chi connectivity index (χ0v) is 51.7. The van der Waals surface area contributed by atoms with Crippen molar-refractivity contribution in [2.24, 2.45) is 0 Å². The van der Waals surface area contributed by atoms with Crippen LogP contribution in [-0.2, 0) is 28.6 Å². The Balaban J connectivity index is 4.30. The quantitative estimate of drug-likeness (QED) is 0.0261. The van der Waals surface area contributed by atoms with E-state index in [0.29, 0.717) is 19.3 Å². The molecule has 6 heteroatoms. The molecule has 0 saturated carbocycles. The van der Waals surface area contributed by atoms with Crippen LogP contribution in [0.2, 0.25) is 0 Å². The van der Waals surface area contributed by atoms with Crippen LogP contribution in [0.5, 0.6) is 0 Å². The number of ether oxygens (including phenoxy) is 3. The number of esters is 3. The number of rotatable bonds is 63. The van der Waals surface area contributed by atoms with Gasteiger partial charge in [-0.25, -0.2) is 0 Å². The van der Waals surface area contributed by atoms with Crippen molar-refractivity contribution in [1.82, 2.24) is 0 Å². The van der Waals surface area contributed by atoms with Crippen LogP contribution in [0.1, 0.15) is 367 Å². The molecule has 1 unspecified atom stereocenters. The Bertz CT molecular complexity index is 1330. The zero-order chi connectivity index (χ0) is 55.7. The van der Waals surface area contributed by atoms with Crippen molar-refractivity contribution < 1.29 is 28.6 Å². The average molecular weight is 1080 g/mol. The van der Waals surface area contributed by atoms with Gasteiger partial charge in [0.2, 0.25) is 0 Å². The van der Waals surface area contributed by atoms with Gasteiger partial charge in [0.05, 0.1) is 0 Å². The normalized spacial score (nSPS) is 12.3. The first-order chi connectivity index (χ1) is 38.0. The van der Waals surface area contributed by atoms with Crippen LogP contribution in [0.25, 0.3) is 0 Å². The summed E-state index contributed by atoms with van der Waals surface area (Å²) in [7, 11) is 0. The molecule has 450 valence electrons. The third-order valence-corrected chi connectivity index (χ3v) is 15.3. The molecule has 0 aliphatic heterocycles. The first kappa shape index (κ1) is 74.4. The summed E-state index contributed by atoms with van der Waals surface area (Å²) in [4.78, 5) is 38.4. The Morgan fingerprint density at radius 1 is 0.260 bits per heavy atom. The van der Waals surface area contributed by atoms with E-state index in [0.717, 1.165) is 77.0 Å². The standard InChI is InChI=1S/C71H130O6/c1-4-7-10-13-16-19-22-25-28-30-32-33-34-35-36-37-39-40-43-46-49-52-55-58-61-64-70(73)76-67-68(66-75-69(72)63-60-57-54-51-48-45-42-27-24-21-18-15-12-9-6-3)77-71(74)65-62-59-56-53-50-47-44-41-38-31-29-26-23-20-17-14-11-8-5-2/h22,25,27,30,32,34-35,42,68H,4-21,23-24,26,28-29,31,33,36-41,43-67H2,1-3H3/b25-22-,32-30-,35-34-,42-27-. The molecule has 0 aromatic rings. The molecular formula is C71H130O6. The summed E-state index contributed by atoms with van der Waals surface area (Å²) in [6.45, 7) is 6.68. The Morgan fingerprint density at radius 3 is 0.740 bits per heavy atom. The third kappa shape index (κ3) is 64.1. The summed E-state index contributed by atoms with van der Waals surface area (Å²) in [6.07, 6.45) is 82.7. The molecule has 0 aliphatic carbocycles. The monoisotopic (exact) mass is 1080 g/mol. The van der Waals surface area contributed by atoms with Crippen LogP contribution in [-0.4, -0.2) is 37.2 Å². The lowest BCUT2D eigenvalue weighted by Crippen LogP contribution is -2.30. The molecule has 0 heterocycles. The molecule has 0 aromatic heterocycles. The van der Waals surface area contributed by atoms with E-state index in [9.17, 15) is 14.4 Å². The molecule has 77 heavy (non-hydrogen) atoms. The van der Waals surface area contributed by atoms with E-state index < -0.39 is 6.10 Å². The lowest BCUT2D eigenvalue weighted by Gasteiger charge is -2.18. The highest BCUT2D eigenvalue weighted by Gasteiger charge is 2.19. The van der Waals surface area contributed by atoms with Gasteiger partial charge in [0.1, 0.15) is 13.2 Å². The van der Waals surface area contributed by atoms with E-state index in [2.05, 4.69) is 69.4 Å². The lowest BCUT2D eigenvalue weighted by molar-refractivity contribution is -0.167. The molecule has 1 atom stereocenters. The fraction of sp³-hybridized carbons (Fsp3) is 0.845. The van der Waals surface area contributed by atoms with Crippen molar-refractivity contribution in [3.05, 3.63) is 48.6 Å². The number of carbonyl (C=O) groups excluding carboxylic acids is 3. The van der Waals surface area contributed by atoms with Crippen LogP contribution in [0.15, 0.2) is 48.6 Å². The molecule has 0 rings (SSSR count). The third-order valence-electron chi connectivity index (χ3n) is 15.3. The highest BCUT2D eigenvalue weighted by Crippen LogP contribution is 2.18. The van der Waals surface area contributed by atoms with Crippen LogP contribution in [0.3, 0.4) is 0 Å². The van der Waals surface area contributed by atoms with Crippen LogP contribution in [0.4, 0.5) is 0 Å². The van der Waals surface area contributed by atoms with Gasteiger partial charge >= 0.3 is 17.9 Å². The van der Waals surface area contributed by atoms with Crippen molar-refractivity contribution in [2.75, 3.05) is 13.2 Å². The minimum Gasteiger partial charge on any atom is -0.462 e. The molecule has 0 aliphatic rings. The van der Waals surface area contributed by atoms with E-state index in [4.69, 9.17) is 14.2 Å². The van der Waals surface area contributed by atoms with Crippen molar-refractivity contribution in [2.45, 2.75) is 374 Å². The first-order valence-electron chi connectivity index (χ1n) is 34.1. The number of hydrogen-bond donors (Lipinski definition) is 0. The molecule has 0 N–H and O–H groups in total. The smallest absolute Gasteiger partial charge is 0.306 e. The summed E-state index contributed by atoms with van der Waals surface area (Å²) in [5, 5.41) is 0. The molecule has 0 amide bonds. The lowest BCUT2D eigenvalue weighted by atomic mass is 10.0. The molecule has 0 spiro atoms. The Hall–Kier alpha value is -2.63. The van der Waals surface area contributed by atoms with Crippen molar-refractivity contribution >= 4 is 17.9 Å². The fourth-order valence-electron chi connectivity index (χ4n) is 10.2. The Labute approximate surface area is 479 Å². The highest BCUT2D eigenvalue weighted by molar-refractivity contribution is 5.71. The van der Waals surface area contributed by atoms with Crippen LogP contribution in [0, 0.1) is 0 Å². The van der Waals surface area contributed by atoms with E-state index in [1.807, 2.05) is 0 Å². The minimum absolute atomic E-state index is 0.0739. The van der Waals surface area contributed by atoms with Crippen LogP contribution < -0.4 is 0 Å². The Kier molecular flexibility index (Phi) is 63.6. The predicted octanol–water partition coefficient (Wildman–Crippen LogP) is 23.3. The van der Waals surface area contributed by atoms with Crippen molar-refractivity contribution in [1.29, 1.82) is 0 Å². The number of hydrogen-bond acceptors (Lipinski definition) is 6. The highest BCUT2D eigenvalue weighted by atomic mass is 16.6. The predicted molar refractivity (Wildman–Crippen MR) is 335 cm³/mol. The van der Waals surface area contributed by atoms with E-state index in [1.54, 1.807) is 0 Å². The van der Waals surface area contributed by atoms with Gasteiger partial charge in [-0.3, -0.25) is 14.4 Å². The van der Waals surface area contributed by atoms with Gasteiger partial charge in [-0.2, -0.15) is 0 Å². The average Bonchev–Trinajstić information content (AvgIpc) is 3.43. The van der Waals surface area contributed by atoms with Gasteiger partial charge in [0.25, 0.3) is 0 Å². The van der Waals surface area contributed by atoms with Gasteiger partial charge in [-0.05, 0) is 83.5 Å². The Morgan fingerprint density at radius 2 is 0.468 bits per heavy atom. The molecular weight excluding hydrogens is 949 g/mol. The van der Waals surface area contributed by atoms with E-state index in [1.165, 1.54) is 250 Å². The van der Waals surface area contributed by atoms with Crippen molar-refractivity contribution in [3.8, 4) is 0 Å². The second kappa shape index (κ2) is 65.9. The molecule has 6 nitrogen and oxygen atoms in total. The van der Waals surface area contributed by atoms with Crippen LogP contribution >= 0.6 is 0 Å². The molecule has 0 aromatic carbocycles. The largest absolute Gasteiger partial charge is 0.462 e. The second-order valence-electron chi connectivity index (χ2n) is 23.1. The summed E-state index contributed by atoms with van der Waals surface area (Å²) >= 11 is 0. The molecule has 0 radical (unpaired) electrons. The molecule has 0 saturated heterocycles. The van der Waals surface area contributed by atoms with Gasteiger partial charge in [0.15, 0.2) is 6.10 Å². The van der Waals surface area contributed by atoms with Gasteiger partial charge in [0, 0.05) is 19.3 Å². The number of carbonyl (C=O) groups is 3. The summed E-state index contributed by atoms with van der Waals surface area (Å²) in [5.74, 6) is -0.861. The van der Waals surface area contributed by atoms with Gasteiger partial charge in [-0.15, -0.1) is 0 Å². The minimum atomic E-state index is -0.777. The van der Waals surface area contributed by atoms with Gasteiger partial charge < -0.3 is 14.2 Å². The zero-order valence-electron chi connectivity index (χ0n) is 51.7. The number of allylic oxidation sites excluding steroid dienone is 8. The molecule has 0 bridgehead atoms. The maximum Gasteiger partial charge on any atom is 0.306 e. The summed E-state index contributed by atoms with van der Waals surface area (Å²) < 4.78 is 17.0. The maximum atomic E-state index is 12.9. The summed E-state index contributed by atoms with van der Waals surface area (Å²) in [6, 6.07) is 0.